The molecule has 4 rings (SSSR count). The molecule has 0 aliphatic rings. The van der Waals surface area contributed by atoms with Crippen LogP contribution in [0.25, 0.3) is 0 Å². The van der Waals surface area contributed by atoms with E-state index < -0.39 is 0 Å². The van der Waals surface area contributed by atoms with Crippen LogP contribution < -0.4 is 10.6 Å². The molecule has 0 aliphatic carbocycles. The van der Waals surface area contributed by atoms with E-state index in [1.807, 2.05) is 10.9 Å². The topological polar surface area (TPSA) is 59.7 Å². The smallest absolute Gasteiger partial charge is 0.175 e. The summed E-state index contributed by atoms with van der Waals surface area (Å²) in [6, 6.07) is 12.9. The van der Waals surface area contributed by atoms with Crippen LogP contribution in [-0.2, 0) is 13.1 Å². The molecule has 0 spiro atoms. The van der Waals surface area contributed by atoms with Gasteiger partial charge < -0.3 is 10.6 Å². The van der Waals surface area contributed by atoms with Gasteiger partial charge >= 0.3 is 0 Å². The molecule has 0 saturated carbocycles. The van der Waals surface area contributed by atoms with Crippen LogP contribution in [0.3, 0.4) is 0 Å². The van der Waals surface area contributed by atoms with Gasteiger partial charge in [0.15, 0.2) is 5.11 Å². The summed E-state index contributed by atoms with van der Waals surface area (Å²) in [4.78, 5) is 0. The quantitative estimate of drug-likeness (QED) is 0.397. The summed E-state index contributed by atoms with van der Waals surface area (Å²) in [5.74, 6) is -0.364. The van der Waals surface area contributed by atoms with Crippen molar-refractivity contribution < 1.29 is 4.39 Å². The van der Waals surface area contributed by atoms with Gasteiger partial charge in [0.2, 0.25) is 0 Å². The number of benzene rings is 2. The Balaban J connectivity index is 1.33. The van der Waals surface area contributed by atoms with E-state index in [2.05, 4.69) is 52.0 Å². The predicted molar refractivity (Wildman–Crippen MR) is 125 cm³/mol. The average Bonchev–Trinajstić information content (AvgIpc) is 3.36. The van der Waals surface area contributed by atoms with E-state index in [0.29, 0.717) is 27.9 Å². The van der Waals surface area contributed by atoms with Crippen LogP contribution in [0.5, 0.6) is 0 Å². The van der Waals surface area contributed by atoms with Crippen LogP contribution in [0.4, 0.5) is 15.8 Å². The van der Waals surface area contributed by atoms with Gasteiger partial charge in [-0.05, 0) is 36.8 Å². The van der Waals surface area contributed by atoms with E-state index in [0.717, 1.165) is 5.69 Å². The second kappa shape index (κ2) is 9.28. The Hall–Kier alpha value is -3.23. The third-order valence-corrected chi connectivity index (χ3v) is 5.19. The molecular formula is C22H20ClFN6S. The van der Waals surface area contributed by atoms with E-state index in [-0.39, 0.29) is 12.4 Å². The zero-order chi connectivity index (χ0) is 21.8. The van der Waals surface area contributed by atoms with Crippen LogP contribution in [0.15, 0.2) is 67.3 Å². The SMILES string of the molecule is Cc1ccc(Cn2cc(NC(=S)Nc3cnn(Cc4c(F)cccc4Cl)c3)cn2)cc1. The maximum atomic E-state index is 14.0. The van der Waals surface area contributed by atoms with E-state index in [9.17, 15) is 4.39 Å². The molecule has 0 fully saturated rings. The fourth-order valence-corrected chi connectivity index (χ4v) is 3.51. The van der Waals surface area contributed by atoms with E-state index in [1.54, 1.807) is 35.4 Å². The van der Waals surface area contributed by atoms with Crippen LogP contribution in [-0.4, -0.2) is 24.7 Å². The number of nitrogens with one attached hydrogen (secondary N) is 2. The minimum absolute atomic E-state index is 0.221. The summed E-state index contributed by atoms with van der Waals surface area (Å²) < 4.78 is 17.4. The van der Waals surface area contributed by atoms with Gasteiger partial charge in [0.05, 0.1) is 36.9 Å². The summed E-state index contributed by atoms with van der Waals surface area (Å²) >= 11 is 11.5. The maximum absolute atomic E-state index is 14.0. The summed E-state index contributed by atoms with van der Waals surface area (Å²) in [5, 5.41) is 15.5. The van der Waals surface area contributed by atoms with E-state index >= 15 is 0 Å². The fraction of sp³-hybridized carbons (Fsp3) is 0.136. The molecule has 0 amide bonds. The highest BCUT2D eigenvalue weighted by Crippen LogP contribution is 2.20. The lowest BCUT2D eigenvalue weighted by atomic mass is 10.1. The van der Waals surface area contributed by atoms with Gasteiger partial charge in [0, 0.05) is 23.0 Å². The molecule has 6 nitrogen and oxygen atoms in total. The van der Waals surface area contributed by atoms with Gasteiger partial charge in [-0.25, -0.2) is 4.39 Å². The molecule has 9 heteroatoms. The number of aryl methyl sites for hydroxylation is 1. The Morgan fingerprint density at radius 1 is 0.968 bits per heavy atom. The highest BCUT2D eigenvalue weighted by Gasteiger charge is 2.09. The Kier molecular flexibility index (Phi) is 6.29. The Labute approximate surface area is 189 Å². The Morgan fingerprint density at radius 3 is 2.19 bits per heavy atom. The first-order valence-corrected chi connectivity index (χ1v) is 10.4. The van der Waals surface area contributed by atoms with Gasteiger partial charge in [-0.2, -0.15) is 10.2 Å². The van der Waals surface area contributed by atoms with Crippen LogP contribution in [0, 0.1) is 12.7 Å². The van der Waals surface area contributed by atoms with Crippen molar-refractivity contribution in [2.45, 2.75) is 20.0 Å². The van der Waals surface area contributed by atoms with Gasteiger partial charge in [-0.15, -0.1) is 0 Å². The van der Waals surface area contributed by atoms with Crippen molar-refractivity contribution in [1.82, 2.24) is 19.6 Å². The number of aromatic nitrogens is 4. The second-order valence-electron chi connectivity index (χ2n) is 7.12. The van der Waals surface area contributed by atoms with Gasteiger partial charge in [-0.1, -0.05) is 47.5 Å². The molecule has 0 unspecified atom stereocenters. The zero-order valence-electron chi connectivity index (χ0n) is 16.7. The van der Waals surface area contributed by atoms with Gasteiger partial charge in [-0.3, -0.25) is 9.36 Å². The van der Waals surface area contributed by atoms with Crippen LogP contribution in [0.2, 0.25) is 5.02 Å². The van der Waals surface area contributed by atoms with Crippen molar-refractivity contribution in [3.63, 3.8) is 0 Å². The fourth-order valence-electron chi connectivity index (χ4n) is 3.05. The molecule has 4 aromatic rings. The number of nitrogens with zero attached hydrogens (tertiary/aromatic N) is 4. The summed E-state index contributed by atoms with van der Waals surface area (Å²) in [6.45, 7) is 2.96. The molecule has 31 heavy (non-hydrogen) atoms. The van der Waals surface area contributed by atoms with Crippen LogP contribution >= 0.6 is 23.8 Å². The van der Waals surface area contributed by atoms with Crippen molar-refractivity contribution in [2.24, 2.45) is 0 Å². The van der Waals surface area contributed by atoms with Crippen molar-refractivity contribution in [2.75, 3.05) is 10.6 Å². The molecule has 2 aromatic carbocycles. The van der Waals surface area contributed by atoms with Gasteiger partial charge in [0.1, 0.15) is 5.82 Å². The largest absolute Gasteiger partial charge is 0.330 e. The number of hydrogen-bond acceptors (Lipinski definition) is 3. The summed E-state index contributed by atoms with van der Waals surface area (Å²) in [7, 11) is 0. The van der Waals surface area contributed by atoms with Crippen molar-refractivity contribution >= 4 is 40.3 Å². The first kappa shape index (κ1) is 21.0. The average molecular weight is 455 g/mol. The first-order chi connectivity index (χ1) is 15.0. The number of rotatable bonds is 6. The zero-order valence-corrected chi connectivity index (χ0v) is 18.3. The molecule has 158 valence electrons. The monoisotopic (exact) mass is 454 g/mol. The molecule has 2 heterocycles. The number of thiocarbonyl (C=S) groups is 1. The molecule has 0 radical (unpaired) electrons. The van der Waals surface area contributed by atoms with Crippen molar-refractivity contribution in [1.29, 1.82) is 0 Å². The van der Waals surface area contributed by atoms with Crippen LogP contribution in [0.1, 0.15) is 16.7 Å². The number of hydrogen-bond donors (Lipinski definition) is 2. The first-order valence-electron chi connectivity index (χ1n) is 9.57. The Morgan fingerprint density at radius 2 is 1.58 bits per heavy atom. The predicted octanol–water partition coefficient (Wildman–Crippen LogP) is 5.09. The Bertz CT molecular complexity index is 1180. The third kappa shape index (κ3) is 5.48. The molecule has 2 N–H and O–H groups in total. The highest BCUT2D eigenvalue weighted by molar-refractivity contribution is 7.80. The molecule has 0 bridgehead atoms. The summed E-state index contributed by atoms with van der Waals surface area (Å²) in [6.07, 6.45) is 6.95. The summed E-state index contributed by atoms with van der Waals surface area (Å²) in [5.41, 5.74) is 4.24. The standard InChI is InChI=1S/C22H20ClFN6S/c1-15-5-7-16(8-6-15)11-29-12-17(9-25-29)27-22(31)28-18-10-26-30(13-18)14-19-20(23)3-2-4-21(19)24/h2-10,12-13H,11,14H2,1H3,(H2,27,28,31). The third-order valence-electron chi connectivity index (χ3n) is 4.63. The normalized spacial score (nSPS) is 10.8. The molecule has 2 aromatic heterocycles. The van der Waals surface area contributed by atoms with Crippen molar-refractivity contribution in [3.05, 3.63) is 94.8 Å². The van der Waals surface area contributed by atoms with E-state index in [4.69, 9.17) is 23.8 Å². The molecule has 0 atom stereocenters. The second-order valence-corrected chi connectivity index (χ2v) is 7.93. The lowest BCUT2D eigenvalue weighted by Gasteiger charge is -2.07. The number of halogens is 2. The van der Waals surface area contributed by atoms with Gasteiger partial charge in [0.25, 0.3) is 0 Å². The molecule has 0 saturated heterocycles. The van der Waals surface area contributed by atoms with Crippen molar-refractivity contribution in [3.8, 4) is 0 Å². The lowest BCUT2D eigenvalue weighted by Crippen LogP contribution is -2.18. The minimum atomic E-state index is -0.364. The molecular weight excluding hydrogens is 435 g/mol. The minimum Gasteiger partial charge on any atom is -0.330 e. The highest BCUT2D eigenvalue weighted by atomic mass is 35.5. The van der Waals surface area contributed by atoms with E-state index in [1.165, 1.54) is 17.2 Å². The maximum Gasteiger partial charge on any atom is 0.175 e. The lowest BCUT2D eigenvalue weighted by molar-refractivity contribution is 0.585. The number of anilines is 2. The molecule has 0 aliphatic heterocycles.